The molecule has 64 valence electrons. The number of amides is 1. The summed E-state index contributed by atoms with van der Waals surface area (Å²) in [6, 6.07) is 0. The van der Waals surface area contributed by atoms with E-state index < -0.39 is 24.4 Å². The van der Waals surface area contributed by atoms with Crippen molar-refractivity contribution in [1.82, 2.24) is 5.32 Å². The number of rotatable bonds is 2. The van der Waals surface area contributed by atoms with Gasteiger partial charge in [0.25, 0.3) is 0 Å². The maximum absolute atomic E-state index is 11.4. The zero-order chi connectivity index (χ0) is 9.07. The quantitative estimate of drug-likeness (QED) is 0.644. The Bertz CT molecular complexity index is 175. The number of halogens is 3. The maximum atomic E-state index is 11.4. The van der Waals surface area contributed by atoms with Crippen LogP contribution in [0.5, 0.6) is 0 Å². The smallest absolute Gasteiger partial charge is 0.341 e. The summed E-state index contributed by atoms with van der Waals surface area (Å²) >= 11 is 0. The first-order valence-corrected chi connectivity index (χ1v) is 2.68. The van der Waals surface area contributed by atoms with Gasteiger partial charge in [0.1, 0.15) is 5.78 Å². The van der Waals surface area contributed by atoms with E-state index in [4.69, 9.17) is 0 Å². The van der Waals surface area contributed by atoms with Gasteiger partial charge in [-0.15, -0.1) is 0 Å². The first-order valence-electron chi connectivity index (χ1n) is 2.68. The average Bonchev–Trinajstić information content (AvgIpc) is 1.80. The highest BCUT2D eigenvalue weighted by Crippen LogP contribution is 2.13. The van der Waals surface area contributed by atoms with E-state index in [0.717, 1.165) is 6.92 Å². The van der Waals surface area contributed by atoms with Crippen molar-refractivity contribution < 1.29 is 22.8 Å². The van der Waals surface area contributed by atoms with Gasteiger partial charge >= 0.3 is 12.1 Å². The van der Waals surface area contributed by atoms with Gasteiger partial charge in [-0.05, 0) is 6.92 Å². The molecule has 0 saturated heterocycles. The predicted octanol–water partition coefficient (Wildman–Crippen LogP) is 0.254. The van der Waals surface area contributed by atoms with Crippen LogP contribution in [0.4, 0.5) is 13.2 Å². The molecule has 1 N–H and O–H groups in total. The lowest BCUT2D eigenvalue weighted by Crippen LogP contribution is -2.39. The molecule has 0 aliphatic heterocycles. The number of carbonyl (C=O) groups is 2. The van der Waals surface area contributed by atoms with Crippen molar-refractivity contribution in [3.63, 3.8) is 0 Å². The topological polar surface area (TPSA) is 46.2 Å². The van der Waals surface area contributed by atoms with Gasteiger partial charge in [0.2, 0.25) is 0 Å². The lowest BCUT2D eigenvalue weighted by molar-refractivity contribution is -0.173. The summed E-state index contributed by atoms with van der Waals surface area (Å²) in [7, 11) is 0. The lowest BCUT2D eigenvalue weighted by Gasteiger charge is -2.04. The number of carbonyl (C=O) groups excluding carboxylic acids is 2. The largest absolute Gasteiger partial charge is 0.471 e. The van der Waals surface area contributed by atoms with E-state index >= 15 is 0 Å². The van der Waals surface area contributed by atoms with Crippen LogP contribution in [0.15, 0.2) is 0 Å². The van der Waals surface area contributed by atoms with E-state index in [9.17, 15) is 22.8 Å². The van der Waals surface area contributed by atoms with Gasteiger partial charge in [-0.3, -0.25) is 9.59 Å². The molecule has 1 amide bonds. The van der Waals surface area contributed by atoms with Crippen LogP contribution in [0.25, 0.3) is 0 Å². The Hall–Kier alpha value is -1.07. The Morgan fingerprint density at radius 3 is 2.09 bits per heavy atom. The van der Waals surface area contributed by atoms with Gasteiger partial charge in [0.05, 0.1) is 6.54 Å². The molecule has 0 fully saturated rings. The minimum absolute atomic E-state index is 0.525. The van der Waals surface area contributed by atoms with Crippen molar-refractivity contribution in [2.24, 2.45) is 0 Å². The van der Waals surface area contributed by atoms with Gasteiger partial charge in [0, 0.05) is 0 Å². The Kier molecular flexibility index (Phi) is 3.03. The molecule has 0 aliphatic carbocycles. The Morgan fingerprint density at radius 2 is 1.82 bits per heavy atom. The summed E-state index contributed by atoms with van der Waals surface area (Å²) in [4.78, 5) is 20.1. The summed E-state index contributed by atoms with van der Waals surface area (Å²) < 4.78 is 34.1. The Morgan fingerprint density at radius 1 is 1.36 bits per heavy atom. The molecule has 0 aliphatic rings. The zero-order valence-electron chi connectivity index (χ0n) is 5.66. The summed E-state index contributed by atoms with van der Waals surface area (Å²) in [6.07, 6.45) is -4.91. The van der Waals surface area contributed by atoms with Crippen molar-refractivity contribution in [1.29, 1.82) is 0 Å². The fourth-order valence-corrected chi connectivity index (χ4v) is 0.305. The summed E-state index contributed by atoms with van der Waals surface area (Å²) in [5, 5.41) is 1.41. The van der Waals surface area contributed by atoms with Crippen LogP contribution in [0.2, 0.25) is 0 Å². The van der Waals surface area contributed by atoms with Gasteiger partial charge in [-0.25, -0.2) is 0 Å². The molecule has 0 aromatic heterocycles. The highest BCUT2D eigenvalue weighted by Gasteiger charge is 2.38. The molecule has 0 radical (unpaired) electrons. The molecular weight excluding hydrogens is 163 g/mol. The van der Waals surface area contributed by atoms with Crippen molar-refractivity contribution in [3.05, 3.63) is 0 Å². The van der Waals surface area contributed by atoms with E-state index in [1.807, 2.05) is 0 Å². The maximum Gasteiger partial charge on any atom is 0.471 e. The standard InChI is InChI=1S/C5H6F3NO2/c1-3(10)2-9-4(11)5(6,7)8/h2H2,1H3,(H,9,11). The Balaban J connectivity index is 3.80. The monoisotopic (exact) mass is 169 g/mol. The molecule has 0 atom stereocenters. The van der Waals surface area contributed by atoms with Crippen LogP contribution < -0.4 is 5.32 Å². The second-order valence-corrected chi connectivity index (χ2v) is 1.88. The molecular formula is C5H6F3NO2. The number of Topliss-reactive ketones (excluding diaryl/α,β-unsaturated/α-hetero) is 1. The van der Waals surface area contributed by atoms with Gasteiger partial charge in [-0.2, -0.15) is 13.2 Å². The molecule has 0 rings (SSSR count). The molecule has 3 nitrogen and oxygen atoms in total. The van der Waals surface area contributed by atoms with E-state index in [1.165, 1.54) is 5.32 Å². The third-order valence-electron chi connectivity index (χ3n) is 0.755. The van der Waals surface area contributed by atoms with Gasteiger partial charge in [0.15, 0.2) is 0 Å². The van der Waals surface area contributed by atoms with Crippen LogP contribution >= 0.6 is 0 Å². The summed E-state index contributed by atoms with van der Waals surface area (Å²) in [6.45, 7) is 0.495. The number of ketones is 1. The van der Waals surface area contributed by atoms with E-state index in [-0.39, 0.29) is 0 Å². The van der Waals surface area contributed by atoms with Gasteiger partial charge < -0.3 is 5.32 Å². The minimum atomic E-state index is -4.91. The molecule has 11 heavy (non-hydrogen) atoms. The van der Waals surface area contributed by atoms with E-state index in [0.29, 0.717) is 0 Å². The van der Waals surface area contributed by atoms with Crippen LogP contribution in [-0.4, -0.2) is 24.4 Å². The molecule has 0 heterocycles. The molecule has 0 aromatic rings. The molecule has 6 heteroatoms. The van der Waals surface area contributed by atoms with Crippen molar-refractivity contribution >= 4 is 11.7 Å². The third kappa shape index (κ3) is 4.35. The normalized spacial score (nSPS) is 10.9. The first kappa shape index (κ1) is 9.93. The molecule has 0 saturated carbocycles. The van der Waals surface area contributed by atoms with E-state index in [2.05, 4.69) is 0 Å². The number of hydrogen-bond donors (Lipinski definition) is 1. The number of alkyl halides is 3. The SMILES string of the molecule is CC(=O)CNC(=O)C(F)(F)F. The molecule has 0 bridgehead atoms. The van der Waals surface area contributed by atoms with Crippen molar-refractivity contribution in [2.75, 3.05) is 6.54 Å². The van der Waals surface area contributed by atoms with Crippen LogP contribution in [0.3, 0.4) is 0 Å². The fourth-order valence-electron chi connectivity index (χ4n) is 0.305. The van der Waals surface area contributed by atoms with Crippen LogP contribution in [-0.2, 0) is 9.59 Å². The number of nitrogens with one attached hydrogen (secondary N) is 1. The highest BCUT2D eigenvalue weighted by molar-refractivity contribution is 5.87. The number of hydrogen-bond acceptors (Lipinski definition) is 2. The molecule has 0 unspecified atom stereocenters. The fraction of sp³-hybridized carbons (Fsp3) is 0.600. The third-order valence-corrected chi connectivity index (χ3v) is 0.755. The second-order valence-electron chi connectivity index (χ2n) is 1.88. The van der Waals surface area contributed by atoms with E-state index in [1.54, 1.807) is 0 Å². The predicted molar refractivity (Wildman–Crippen MR) is 29.7 cm³/mol. The molecule has 0 spiro atoms. The summed E-state index contributed by atoms with van der Waals surface area (Å²) in [5.41, 5.74) is 0. The highest BCUT2D eigenvalue weighted by atomic mass is 19.4. The lowest BCUT2D eigenvalue weighted by atomic mass is 10.4. The van der Waals surface area contributed by atoms with Crippen molar-refractivity contribution in [2.45, 2.75) is 13.1 Å². The summed E-state index contributed by atoms with van der Waals surface area (Å²) in [5.74, 6) is -2.62. The van der Waals surface area contributed by atoms with Crippen molar-refractivity contribution in [3.8, 4) is 0 Å². The van der Waals surface area contributed by atoms with Crippen LogP contribution in [0, 0.1) is 0 Å². The molecule has 0 aromatic carbocycles. The second kappa shape index (κ2) is 3.36. The van der Waals surface area contributed by atoms with Crippen LogP contribution in [0.1, 0.15) is 6.92 Å². The first-order chi connectivity index (χ1) is 4.84. The Labute approximate surface area is 60.6 Å². The average molecular weight is 169 g/mol. The minimum Gasteiger partial charge on any atom is -0.341 e. The zero-order valence-corrected chi connectivity index (χ0v) is 5.66. The van der Waals surface area contributed by atoms with Gasteiger partial charge in [-0.1, -0.05) is 0 Å².